The smallest absolute Gasteiger partial charge is 0.319 e. The van der Waals surface area contributed by atoms with E-state index in [1.165, 1.54) is 4.90 Å². The Kier molecular flexibility index (Phi) is 6.75. The Morgan fingerprint density at radius 3 is 2.84 bits per heavy atom. The van der Waals surface area contributed by atoms with Gasteiger partial charge in [-0.25, -0.2) is 4.39 Å². The quantitative estimate of drug-likeness (QED) is 0.379. The summed E-state index contributed by atoms with van der Waals surface area (Å²) in [4.78, 5) is 29.4. The van der Waals surface area contributed by atoms with Crippen molar-refractivity contribution in [3.63, 3.8) is 0 Å². The number of fused-ring (bicyclic) bond motifs is 2. The molecular weight excluding hydrogens is 487 g/mol. The van der Waals surface area contributed by atoms with Gasteiger partial charge in [0, 0.05) is 31.4 Å². The number of halogens is 1. The lowest BCUT2D eigenvalue weighted by atomic mass is 9.98. The number of hydrogen-bond acceptors (Lipinski definition) is 8. The van der Waals surface area contributed by atoms with E-state index < -0.39 is 17.8 Å². The van der Waals surface area contributed by atoms with E-state index in [1.807, 2.05) is 42.2 Å². The summed E-state index contributed by atoms with van der Waals surface area (Å²) in [7, 11) is 0. The van der Waals surface area contributed by atoms with E-state index in [1.54, 1.807) is 18.3 Å². The van der Waals surface area contributed by atoms with Crippen molar-refractivity contribution in [3.05, 3.63) is 61.1 Å². The number of rotatable bonds is 6. The molecule has 1 amide bonds. The first kappa shape index (κ1) is 24.9. The molecule has 0 spiro atoms. The molecule has 5 rings (SSSR count). The number of aromatic nitrogens is 3. The summed E-state index contributed by atoms with van der Waals surface area (Å²) in [6.45, 7) is 6.09. The number of nitrogens with zero attached hydrogens (tertiary/aromatic N) is 6. The molecule has 1 unspecified atom stereocenters. The van der Waals surface area contributed by atoms with Crippen molar-refractivity contribution in [3.8, 4) is 29.0 Å². The van der Waals surface area contributed by atoms with Crippen LogP contribution in [-0.4, -0.2) is 63.1 Å². The number of benzene rings is 2. The monoisotopic (exact) mass is 512 g/mol. The Balaban J connectivity index is 1.59. The third-order valence-electron chi connectivity index (χ3n) is 6.53. The van der Waals surface area contributed by atoms with Gasteiger partial charge in [0.25, 0.3) is 5.91 Å². The Hall–Kier alpha value is -4.78. The molecule has 2 aromatic heterocycles. The average molecular weight is 513 g/mol. The second-order valence-corrected chi connectivity index (χ2v) is 8.93. The van der Waals surface area contributed by atoms with Gasteiger partial charge < -0.3 is 19.6 Å². The van der Waals surface area contributed by atoms with Crippen LogP contribution in [-0.2, 0) is 4.79 Å². The third-order valence-corrected chi connectivity index (χ3v) is 6.53. The first-order chi connectivity index (χ1) is 18.4. The van der Waals surface area contributed by atoms with Crippen molar-refractivity contribution in [2.75, 3.05) is 31.1 Å². The number of hydrogen-bond donors (Lipinski definition) is 1. The standard InChI is InChI=1S/C28H25FN6O3/c1-3-38-28-32-24-13-19(23-14-21(36)12-18-6-4-5-7-22(18)23)15-31-25(24)26(33-28)34-10-11-35(27(37)17(2)29)20(16-34)8-9-30/h4-7,12-15,20,36H,2-3,8,10-11,16H2,1H3. The molecule has 0 aliphatic carbocycles. The van der Waals surface area contributed by atoms with E-state index >= 15 is 0 Å². The number of anilines is 1. The fourth-order valence-electron chi connectivity index (χ4n) is 4.83. The van der Waals surface area contributed by atoms with Crippen molar-refractivity contribution >= 4 is 33.5 Å². The van der Waals surface area contributed by atoms with Gasteiger partial charge in [-0.15, -0.1) is 0 Å². The van der Waals surface area contributed by atoms with Gasteiger partial charge in [0.1, 0.15) is 11.3 Å². The zero-order chi connectivity index (χ0) is 26.8. The van der Waals surface area contributed by atoms with Crippen molar-refractivity contribution in [1.82, 2.24) is 19.9 Å². The maximum absolute atomic E-state index is 13.6. The minimum atomic E-state index is -1.05. The van der Waals surface area contributed by atoms with Gasteiger partial charge in [-0.2, -0.15) is 15.2 Å². The normalized spacial score (nSPS) is 15.4. The van der Waals surface area contributed by atoms with Gasteiger partial charge in [0.15, 0.2) is 11.6 Å². The molecular formula is C28H25FN6O3. The van der Waals surface area contributed by atoms with Crippen LogP contribution in [0.1, 0.15) is 13.3 Å². The first-order valence-electron chi connectivity index (χ1n) is 12.2. The first-order valence-corrected chi connectivity index (χ1v) is 12.2. The maximum atomic E-state index is 13.6. The molecule has 1 atom stereocenters. The van der Waals surface area contributed by atoms with Crippen molar-refractivity contribution in [2.24, 2.45) is 0 Å². The number of phenols is 1. The molecule has 1 fully saturated rings. The number of carbonyl (C=O) groups excluding carboxylic acids is 1. The predicted molar refractivity (Wildman–Crippen MR) is 141 cm³/mol. The second-order valence-electron chi connectivity index (χ2n) is 8.93. The third kappa shape index (κ3) is 4.66. The van der Waals surface area contributed by atoms with Gasteiger partial charge in [-0.1, -0.05) is 30.8 Å². The molecule has 0 bridgehead atoms. The fraction of sp³-hybridized carbons (Fsp3) is 0.250. The fourth-order valence-corrected chi connectivity index (χ4v) is 4.83. The molecule has 1 aliphatic heterocycles. The van der Waals surface area contributed by atoms with Crippen LogP contribution in [0.4, 0.5) is 10.2 Å². The van der Waals surface area contributed by atoms with Gasteiger partial charge in [-0.05, 0) is 41.5 Å². The predicted octanol–water partition coefficient (Wildman–Crippen LogP) is 4.36. The molecule has 1 N–H and O–H groups in total. The summed E-state index contributed by atoms with van der Waals surface area (Å²) in [5.74, 6) is -1.22. The summed E-state index contributed by atoms with van der Waals surface area (Å²) in [5, 5.41) is 21.5. The number of ether oxygens (including phenoxy) is 1. The number of aromatic hydroxyl groups is 1. The minimum absolute atomic E-state index is 0.0268. The minimum Gasteiger partial charge on any atom is -0.508 e. The van der Waals surface area contributed by atoms with Gasteiger partial charge in [-0.3, -0.25) is 9.78 Å². The maximum Gasteiger partial charge on any atom is 0.319 e. The molecule has 192 valence electrons. The number of piperazine rings is 1. The summed E-state index contributed by atoms with van der Waals surface area (Å²) in [6.07, 6.45) is 1.73. The molecule has 9 nitrogen and oxygen atoms in total. The van der Waals surface area contributed by atoms with Crippen LogP contribution in [0.5, 0.6) is 11.8 Å². The summed E-state index contributed by atoms with van der Waals surface area (Å²) in [6, 6.07) is 14.7. The van der Waals surface area contributed by atoms with Crippen molar-refractivity contribution in [2.45, 2.75) is 19.4 Å². The Morgan fingerprint density at radius 1 is 1.26 bits per heavy atom. The number of nitriles is 1. The second kappa shape index (κ2) is 10.3. The Labute approximate surface area is 218 Å². The highest BCUT2D eigenvalue weighted by molar-refractivity contribution is 5.99. The summed E-state index contributed by atoms with van der Waals surface area (Å²) < 4.78 is 19.3. The molecule has 3 heterocycles. The van der Waals surface area contributed by atoms with Crippen molar-refractivity contribution < 1.29 is 19.0 Å². The van der Waals surface area contributed by atoms with Gasteiger partial charge in [0.05, 0.1) is 30.7 Å². The molecule has 4 aromatic rings. The van der Waals surface area contributed by atoms with Gasteiger partial charge in [0.2, 0.25) is 0 Å². The highest BCUT2D eigenvalue weighted by Crippen LogP contribution is 2.35. The number of pyridine rings is 1. The van der Waals surface area contributed by atoms with Crippen LogP contribution in [0.3, 0.4) is 0 Å². The number of carbonyl (C=O) groups is 1. The lowest BCUT2D eigenvalue weighted by Gasteiger charge is -2.40. The van der Waals surface area contributed by atoms with Crippen LogP contribution in [0.25, 0.3) is 32.9 Å². The SMILES string of the molecule is C=C(F)C(=O)N1CCN(c2nc(OCC)nc3cc(-c4cc(O)cc5ccccc45)cnc23)CC1CC#N. The number of amides is 1. The molecule has 38 heavy (non-hydrogen) atoms. The number of phenolic OH excluding ortho intramolecular Hbond substituents is 1. The van der Waals surface area contributed by atoms with E-state index in [4.69, 9.17) is 9.72 Å². The van der Waals surface area contributed by atoms with E-state index in [-0.39, 0.29) is 31.3 Å². The molecule has 1 saturated heterocycles. The van der Waals surface area contributed by atoms with Crippen LogP contribution in [0, 0.1) is 11.3 Å². The largest absolute Gasteiger partial charge is 0.508 e. The summed E-state index contributed by atoms with van der Waals surface area (Å²) >= 11 is 0. The molecule has 1 aliphatic rings. The summed E-state index contributed by atoms with van der Waals surface area (Å²) in [5.41, 5.74) is 2.62. The van der Waals surface area contributed by atoms with Crippen LogP contribution < -0.4 is 9.64 Å². The van der Waals surface area contributed by atoms with Crippen molar-refractivity contribution in [1.29, 1.82) is 5.26 Å². The van der Waals surface area contributed by atoms with Crippen LogP contribution in [0.2, 0.25) is 0 Å². The topological polar surface area (TPSA) is 115 Å². The highest BCUT2D eigenvalue weighted by Gasteiger charge is 2.33. The molecule has 0 radical (unpaired) electrons. The highest BCUT2D eigenvalue weighted by atomic mass is 19.1. The average Bonchev–Trinajstić information content (AvgIpc) is 2.91. The lowest BCUT2D eigenvalue weighted by molar-refractivity contribution is -0.131. The van der Waals surface area contributed by atoms with Gasteiger partial charge >= 0.3 is 6.01 Å². The van der Waals surface area contributed by atoms with Crippen LogP contribution >= 0.6 is 0 Å². The zero-order valence-corrected chi connectivity index (χ0v) is 20.8. The molecule has 10 heteroatoms. The zero-order valence-electron chi connectivity index (χ0n) is 20.8. The molecule has 2 aromatic carbocycles. The van der Waals surface area contributed by atoms with E-state index in [2.05, 4.69) is 22.6 Å². The van der Waals surface area contributed by atoms with Crippen LogP contribution in [0.15, 0.2) is 61.1 Å². The Morgan fingerprint density at radius 2 is 2.08 bits per heavy atom. The Bertz CT molecular complexity index is 1600. The lowest BCUT2D eigenvalue weighted by Crippen LogP contribution is -2.55. The van der Waals surface area contributed by atoms with E-state index in [0.717, 1.165) is 21.9 Å². The van der Waals surface area contributed by atoms with E-state index in [9.17, 15) is 19.6 Å². The van der Waals surface area contributed by atoms with E-state index in [0.29, 0.717) is 30.0 Å². The molecule has 0 saturated carbocycles.